The summed E-state index contributed by atoms with van der Waals surface area (Å²) in [6.45, 7) is 0.345. The Morgan fingerprint density at radius 2 is 1.89 bits per heavy atom. The Kier molecular flexibility index (Phi) is 6.23. The van der Waals surface area contributed by atoms with Gasteiger partial charge in [0.15, 0.2) is 0 Å². The quantitative estimate of drug-likeness (QED) is 0.285. The summed E-state index contributed by atoms with van der Waals surface area (Å²) in [6, 6.07) is 0. The molecule has 110 valence electrons. The number of esters is 1. The molecule has 1 aliphatic rings. The Morgan fingerprint density at radius 3 is 2.42 bits per heavy atom. The maximum Gasteiger partial charge on any atom is 0.308 e. The van der Waals surface area contributed by atoms with Gasteiger partial charge in [0.1, 0.15) is 6.10 Å². The molecular formula is C11H17O7S-. The van der Waals surface area contributed by atoms with Gasteiger partial charge in [0.25, 0.3) is 6.47 Å². The minimum Gasteiger partial charge on any atom is -0.748 e. The first-order chi connectivity index (χ1) is 8.92. The second-order valence-corrected chi connectivity index (χ2v) is 6.01. The maximum absolute atomic E-state index is 11.6. The standard InChI is InChI=1S/C11H18O7S/c12-8-18-10-4-2-9(3-5-10)11(13)17-6-1-7-19(14,15)16/h8-10H,1-7H2,(H,14,15,16)/p-1. The zero-order valence-electron chi connectivity index (χ0n) is 10.4. The van der Waals surface area contributed by atoms with Crippen LogP contribution in [0.15, 0.2) is 0 Å². The van der Waals surface area contributed by atoms with E-state index in [0.29, 0.717) is 32.2 Å². The highest BCUT2D eigenvalue weighted by Crippen LogP contribution is 2.26. The van der Waals surface area contributed by atoms with Gasteiger partial charge in [-0.25, -0.2) is 8.42 Å². The van der Waals surface area contributed by atoms with E-state index in [2.05, 4.69) is 0 Å². The van der Waals surface area contributed by atoms with Gasteiger partial charge < -0.3 is 14.0 Å². The van der Waals surface area contributed by atoms with Crippen LogP contribution in [0.25, 0.3) is 0 Å². The summed E-state index contributed by atoms with van der Waals surface area (Å²) < 4.78 is 40.7. The fraction of sp³-hybridized carbons (Fsp3) is 0.818. The lowest BCUT2D eigenvalue weighted by atomic mass is 9.87. The number of hydrogen-bond donors (Lipinski definition) is 0. The predicted molar refractivity (Wildman–Crippen MR) is 63.0 cm³/mol. The topological polar surface area (TPSA) is 110 Å². The molecule has 7 nitrogen and oxygen atoms in total. The zero-order valence-corrected chi connectivity index (χ0v) is 11.3. The smallest absolute Gasteiger partial charge is 0.308 e. The Bertz CT molecular complexity index is 395. The van der Waals surface area contributed by atoms with E-state index in [1.165, 1.54) is 0 Å². The normalized spacial score (nSPS) is 23.6. The lowest BCUT2D eigenvalue weighted by Crippen LogP contribution is -2.27. The molecule has 1 saturated carbocycles. The molecule has 0 N–H and O–H groups in total. The van der Waals surface area contributed by atoms with Gasteiger partial charge in [-0.3, -0.25) is 9.59 Å². The van der Waals surface area contributed by atoms with Gasteiger partial charge in [-0.2, -0.15) is 0 Å². The van der Waals surface area contributed by atoms with E-state index < -0.39 is 15.9 Å². The summed E-state index contributed by atoms with van der Waals surface area (Å²) in [6.07, 6.45) is 2.28. The van der Waals surface area contributed by atoms with E-state index >= 15 is 0 Å². The van der Waals surface area contributed by atoms with Crippen molar-refractivity contribution in [2.75, 3.05) is 12.4 Å². The molecule has 0 aromatic heterocycles. The number of ether oxygens (including phenoxy) is 2. The molecule has 0 amide bonds. The van der Waals surface area contributed by atoms with Crippen LogP contribution in [0, 0.1) is 5.92 Å². The molecule has 1 fully saturated rings. The van der Waals surface area contributed by atoms with Crippen LogP contribution < -0.4 is 0 Å². The average molecular weight is 293 g/mol. The fourth-order valence-corrected chi connectivity index (χ4v) is 2.51. The zero-order chi connectivity index (χ0) is 14.3. The van der Waals surface area contributed by atoms with Gasteiger partial charge in [-0.05, 0) is 32.1 Å². The molecule has 0 saturated heterocycles. The van der Waals surface area contributed by atoms with Crippen molar-refractivity contribution in [3.05, 3.63) is 0 Å². The molecule has 0 spiro atoms. The van der Waals surface area contributed by atoms with E-state index in [9.17, 15) is 22.6 Å². The first kappa shape index (κ1) is 15.9. The Balaban J connectivity index is 2.19. The van der Waals surface area contributed by atoms with Crippen molar-refractivity contribution < 1.29 is 32.0 Å². The summed E-state index contributed by atoms with van der Waals surface area (Å²) in [7, 11) is -4.25. The first-order valence-corrected chi connectivity index (χ1v) is 7.69. The molecule has 0 aromatic carbocycles. The number of rotatable bonds is 7. The third kappa shape index (κ3) is 6.53. The number of carbonyl (C=O) groups excluding carboxylic acids is 2. The maximum atomic E-state index is 11.6. The first-order valence-electron chi connectivity index (χ1n) is 6.11. The van der Waals surface area contributed by atoms with Gasteiger partial charge in [-0.1, -0.05) is 0 Å². The highest BCUT2D eigenvalue weighted by molar-refractivity contribution is 7.85. The van der Waals surface area contributed by atoms with Gasteiger partial charge in [0.05, 0.1) is 22.6 Å². The molecule has 8 heteroatoms. The third-order valence-corrected chi connectivity index (χ3v) is 3.83. The van der Waals surface area contributed by atoms with E-state index in [1.807, 2.05) is 0 Å². The predicted octanol–water partition coefficient (Wildman–Crippen LogP) is 0.197. The highest BCUT2D eigenvalue weighted by atomic mass is 32.2. The Morgan fingerprint density at radius 1 is 1.26 bits per heavy atom. The van der Waals surface area contributed by atoms with E-state index in [4.69, 9.17) is 9.47 Å². The average Bonchev–Trinajstić information content (AvgIpc) is 2.34. The Labute approximate surface area is 112 Å². The van der Waals surface area contributed by atoms with E-state index in [-0.39, 0.29) is 31.0 Å². The molecule has 0 aromatic rings. The SMILES string of the molecule is O=COC1CCC(C(=O)OCCCS(=O)(=O)[O-])CC1. The van der Waals surface area contributed by atoms with E-state index in [0.717, 1.165) is 0 Å². The lowest BCUT2D eigenvalue weighted by molar-refractivity contribution is -0.151. The highest BCUT2D eigenvalue weighted by Gasteiger charge is 2.27. The van der Waals surface area contributed by atoms with Crippen LogP contribution in [-0.4, -0.2) is 43.9 Å². The minimum absolute atomic E-state index is 0.0151. The summed E-state index contributed by atoms with van der Waals surface area (Å²) in [4.78, 5) is 21.8. The van der Waals surface area contributed by atoms with Gasteiger partial charge in [0.2, 0.25) is 0 Å². The molecule has 0 unspecified atom stereocenters. The van der Waals surface area contributed by atoms with Crippen molar-refractivity contribution in [1.29, 1.82) is 0 Å². The largest absolute Gasteiger partial charge is 0.748 e. The van der Waals surface area contributed by atoms with Crippen LogP contribution in [0.1, 0.15) is 32.1 Å². The van der Waals surface area contributed by atoms with Crippen LogP contribution in [-0.2, 0) is 29.2 Å². The lowest BCUT2D eigenvalue weighted by Gasteiger charge is -2.25. The van der Waals surface area contributed by atoms with Crippen LogP contribution in [0.3, 0.4) is 0 Å². The second-order valence-electron chi connectivity index (χ2n) is 4.49. The van der Waals surface area contributed by atoms with Gasteiger partial charge >= 0.3 is 5.97 Å². The Hall–Kier alpha value is -1.15. The molecule has 1 rings (SSSR count). The third-order valence-electron chi connectivity index (χ3n) is 3.04. The fourth-order valence-electron chi connectivity index (χ4n) is 2.04. The van der Waals surface area contributed by atoms with Crippen molar-refractivity contribution in [1.82, 2.24) is 0 Å². The minimum atomic E-state index is -4.25. The van der Waals surface area contributed by atoms with Crippen molar-refractivity contribution in [2.45, 2.75) is 38.2 Å². The monoisotopic (exact) mass is 293 g/mol. The van der Waals surface area contributed by atoms with Crippen molar-refractivity contribution >= 4 is 22.6 Å². The molecule has 0 aliphatic heterocycles. The molecule has 1 aliphatic carbocycles. The van der Waals surface area contributed by atoms with Crippen molar-refractivity contribution in [3.63, 3.8) is 0 Å². The molecule has 0 heterocycles. The molecule has 0 radical (unpaired) electrons. The number of hydrogen-bond acceptors (Lipinski definition) is 7. The van der Waals surface area contributed by atoms with E-state index in [1.54, 1.807) is 0 Å². The molecule has 0 bridgehead atoms. The molecule has 0 atom stereocenters. The van der Waals surface area contributed by atoms with Crippen LogP contribution in [0.4, 0.5) is 0 Å². The second kappa shape index (κ2) is 7.44. The summed E-state index contributed by atoms with van der Waals surface area (Å²) in [5.41, 5.74) is 0. The summed E-state index contributed by atoms with van der Waals surface area (Å²) >= 11 is 0. The van der Waals surface area contributed by atoms with Crippen LogP contribution in [0.2, 0.25) is 0 Å². The van der Waals surface area contributed by atoms with Crippen molar-refractivity contribution in [2.24, 2.45) is 5.92 Å². The van der Waals surface area contributed by atoms with Gasteiger partial charge in [-0.15, -0.1) is 0 Å². The van der Waals surface area contributed by atoms with Crippen molar-refractivity contribution in [3.8, 4) is 0 Å². The molecule has 19 heavy (non-hydrogen) atoms. The number of carbonyl (C=O) groups is 2. The van der Waals surface area contributed by atoms with Gasteiger partial charge in [0, 0.05) is 5.75 Å². The van der Waals surface area contributed by atoms with Crippen LogP contribution >= 0.6 is 0 Å². The summed E-state index contributed by atoms with van der Waals surface area (Å²) in [5, 5.41) is 0. The summed E-state index contributed by atoms with van der Waals surface area (Å²) in [5.74, 6) is -1.15. The van der Waals surface area contributed by atoms with Crippen LogP contribution in [0.5, 0.6) is 0 Å². The molecular weight excluding hydrogens is 276 g/mol.